The molecule has 1 atom stereocenters. The van der Waals surface area contributed by atoms with Gasteiger partial charge in [-0.2, -0.15) is 0 Å². The molecule has 20 heavy (non-hydrogen) atoms. The van der Waals surface area contributed by atoms with Gasteiger partial charge in [-0.15, -0.1) is 0 Å². The van der Waals surface area contributed by atoms with Crippen LogP contribution in [-0.2, 0) is 4.79 Å². The van der Waals surface area contributed by atoms with Crippen LogP contribution < -0.4 is 15.4 Å². The monoisotopic (exact) mass is 276 g/mol. The Morgan fingerprint density at radius 3 is 2.45 bits per heavy atom. The van der Waals surface area contributed by atoms with Crippen molar-refractivity contribution in [3.8, 4) is 5.75 Å². The number of rotatable bonds is 6. The van der Waals surface area contributed by atoms with Crippen molar-refractivity contribution in [3.63, 3.8) is 0 Å². The molecule has 4 nitrogen and oxygen atoms in total. The molecular weight excluding hydrogens is 252 g/mol. The first-order chi connectivity index (χ1) is 9.49. The minimum atomic E-state index is 0.141. The molecule has 1 saturated carbocycles. The summed E-state index contributed by atoms with van der Waals surface area (Å²) in [6.45, 7) is 5.55. The molecule has 2 N–H and O–H groups in total. The SMILES string of the molecule is COc1ccc(N(CCCN)C(=O)C2CC2(C)C)cc1. The maximum atomic E-state index is 12.6. The third kappa shape index (κ3) is 3.12. The Morgan fingerprint density at radius 1 is 1.40 bits per heavy atom. The van der Waals surface area contributed by atoms with Gasteiger partial charge in [0.1, 0.15) is 5.75 Å². The number of nitrogens with zero attached hydrogens (tertiary/aromatic N) is 1. The summed E-state index contributed by atoms with van der Waals surface area (Å²) in [6.07, 6.45) is 1.78. The van der Waals surface area contributed by atoms with E-state index in [-0.39, 0.29) is 17.2 Å². The van der Waals surface area contributed by atoms with Gasteiger partial charge in [0, 0.05) is 18.2 Å². The third-order valence-electron chi connectivity index (χ3n) is 4.05. The zero-order valence-corrected chi connectivity index (χ0v) is 12.6. The van der Waals surface area contributed by atoms with Crippen LogP contribution in [-0.4, -0.2) is 26.1 Å². The molecule has 0 aliphatic heterocycles. The number of amides is 1. The summed E-state index contributed by atoms with van der Waals surface area (Å²) in [5.41, 5.74) is 6.65. The Bertz CT molecular complexity index is 468. The molecule has 1 amide bonds. The Hall–Kier alpha value is -1.55. The van der Waals surface area contributed by atoms with Gasteiger partial charge in [-0.3, -0.25) is 4.79 Å². The van der Waals surface area contributed by atoms with Gasteiger partial charge >= 0.3 is 0 Å². The van der Waals surface area contributed by atoms with Crippen molar-refractivity contribution in [2.45, 2.75) is 26.7 Å². The number of anilines is 1. The van der Waals surface area contributed by atoms with E-state index in [1.165, 1.54) is 0 Å². The van der Waals surface area contributed by atoms with Crippen LogP contribution in [0.15, 0.2) is 24.3 Å². The number of hydrogen-bond acceptors (Lipinski definition) is 3. The number of carbonyl (C=O) groups is 1. The molecule has 1 unspecified atom stereocenters. The molecule has 1 aliphatic rings. The largest absolute Gasteiger partial charge is 0.497 e. The molecule has 1 aliphatic carbocycles. The summed E-state index contributed by atoms with van der Waals surface area (Å²) in [6, 6.07) is 7.64. The lowest BCUT2D eigenvalue weighted by molar-refractivity contribution is -0.120. The van der Waals surface area contributed by atoms with E-state index < -0.39 is 0 Å². The van der Waals surface area contributed by atoms with Gasteiger partial charge in [0.25, 0.3) is 0 Å². The van der Waals surface area contributed by atoms with Crippen LogP contribution in [0.2, 0.25) is 0 Å². The van der Waals surface area contributed by atoms with Crippen LogP contribution in [0.4, 0.5) is 5.69 Å². The van der Waals surface area contributed by atoms with Crippen molar-refractivity contribution >= 4 is 11.6 Å². The highest BCUT2D eigenvalue weighted by Crippen LogP contribution is 2.52. The molecule has 0 saturated heterocycles. The predicted molar refractivity (Wildman–Crippen MR) is 80.9 cm³/mol. The minimum Gasteiger partial charge on any atom is -0.497 e. The second-order valence-corrected chi connectivity index (χ2v) is 6.08. The van der Waals surface area contributed by atoms with Crippen LogP contribution >= 0.6 is 0 Å². The van der Waals surface area contributed by atoms with Crippen LogP contribution in [0, 0.1) is 11.3 Å². The molecule has 0 spiro atoms. The van der Waals surface area contributed by atoms with Crippen LogP contribution in [0.25, 0.3) is 0 Å². The predicted octanol–water partition coefficient (Wildman–Crippen LogP) is 2.42. The molecule has 0 aromatic heterocycles. The van der Waals surface area contributed by atoms with E-state index in [1.54, 1.807) is 7.11 Å². The third-order valence-corrected chi connectivity index (χ3v) is 4.05. The number of carbonyl (C=O) groups excluding carboxylic acids is 1. The lowest BCUT2D eigenvalue weighted by Gasteiger charge is -2.23. The summed E-state index contributed by atoms with van der Waals surface area (Å²) in [5, 5.41) is 0. The zero-order chi connectivity index (χ0) is 14.8. The maximum Gasteiger partial charge on any atom is 0.230 e. The Labute approximate surface area is 120 Å². The first kappa shape index (κ1) is 14.9. The standard InChI is InChI=1S/C16H24N2O2/c1-16(2)11-14(16)15(19)18(10-4-9-17)12-5-7-13(20-3)8-6-12/h5-8,14H,4,9-11,17H2,1-3H3. The fourth-order valence-corrected chi connectivity index (χ4v) is 2.45. The van der Waals surface area contributed by atoms with Gasteiger partial charge < -0.3 is 15.4 Å². The minimum absolute atomic E-state index is 0.141. The fraction of sp³-hybridized carbons (Fsp3) is 0.562. The molecule has 1 aromatic rings. The van der Waals surface area contributed by atoms with Crippen molar-refractivity contribution in [2.75, 3.05) is 25.1 Å². The summed E-state index contributed by atoms with van der Waals surface area (Å²) in [4.78, 5) is 14.5. The fourth-order valence-electron chi connectivity index (χ4n) is 2.45. The molecule has 0 radical (unpaired) electrons. The Balaban J connectivity index is 2.15. The first-order valence-corrected chi connectivity index (χ1v) is 7.15. The molecular formula is C16H24N2O2. The van der Waals surface area contributed by atoms with Gasteiger partial charge in [0.2, 0.25) is 5.91 Å². The van der Waals surface area contributed by atoms with E-state index >= 15 is 0 Å². The lowest BCUT2D eigenvalue weighted by atomic mass is 10.1. The second-order valence-electron chi connectivity index (χ2n) is 6.08. The number of ether oxygens (including phenoxy) is 1. The van der Waals surface area contributed by atoms with Gasteiger partial charge in [-0.05, 0) is 49.1 Å². The first-order valence-electron chi connectivity index (χ1n) is 7.15. The molecule has 1 fully saturated rings. The average Bonchev–Trinajstić information content (AvgIpc) is 3.08. The van der Waals surface area contributed by atoms with Gasteiger partial charge in [-0.25, -0.2) is 0 Å². The van der Waals surface area contributed by atoms with E-state index in [9.17, 15) is 4.79 Å². The van der Waals surface area contributed by atoms with Gasteiger partial charge in [-0.1, -0.05) is 13.8 Å². The Kier molecular flexibility index (Phi) is 4.33. The lowest BCUT2D eigenvalue weighted by Crippen LogP contribution is -2.35. The smallest absolute Gasteiger partial charge is 0.230 e. The quantitative estimate of drug-likeness (QED) is 0.868. The average molecular weight is 276 g/mol. The van der Waals surface area contributed by atoms with E-state index in [0.717, 1.165) is 24.3 Å². The Morgan fingerprint density at radius 2 is 2.00 bits per heavy atom. The highest BCUT2D eigenvalue weighted by molar-refractivity contribution is 5.97. The molecule has 110 valence electrons. The van der Waals surface area contributed by atoms with Crippen LogP contribution in [0.5, 0.6) is 5.75 Å². The highest BCUT2D eigenvalue weighted by Gasteiger charge is 2.52. The number of methoxy groups -OCH3 is 1. The van der Waals surface area contributed by atoms with Gasteiger partial charge in [0.15, 0.2) is 0 Å². The normalized spacial score (nSPS) is 19.5. The molecule has 0 bridgehead atoms. The molecule has 4 heteroatoms. The van der Waals surface area contributed by atoms with Crippen molar-refractivity contribution in [1.29, 1.82) is 0 Å². The summed E-state index contributed by atoms with van der Waals surface area (Å²) in [5.74, 6) is 1.16. The second kappa shape index (κ2) is 5.83. The van der Waals surface area contributed by atoms with Crippen molar-refractivity contribution in [3.05, 3.63) is 24.3 Å². The van der Waals surface area contributed by atoms with Gasteiger partial charge in [0.05, 0.1) is 7.11 Å². The van der Waals surface area contributed by atoms with Crippen molar-refractivity contribution in [1.82, 2.24) is 0 Å². The zero-order valence-electron chi connectivity index (χ0n) is 12.6. The maximum absolute atomic E-state index is 12.6. The molecule has 1 aromatic carbocycles. The van der Waals surface area contributed by atoms with E-state index in [1.807, 2.05) is 29.2 Å². The summed E-state index contributed by atoms with van der Waals surface area (Å²) in [7, 11) is 1.64. The summed E-state index contributed by atoms with van der Waals surface area (Å²) < 4.78 is 5.16. The van der Waals surface area contributed by atoms with E-state index in [2.05, 4.69) is 13.8 Å². The van der Waals surface area contributed by atoms with Crippen LogP contribution in [0.3, 0.4) is 0 Å². The van der Waals surface area contributed by atoms with Crippen molar-refractivity contribution < 1.29 is 9.53 Å². The topological polar surface area (TPSA) is 55.6 Å². The molecule has 2 rings (SSSR count). The van der Waals surface area contributed by atoms with Crippen LogP contribution in [0.1, 0.15) is 26.7 Å². The summed E-state index contributed by atoms with van der Waals surface area (Å²) >= 11 is 0. The number of benzene rings is 1. The number of hydrogen-bond donors (Lipinski definition) is 1. The van der Waals surface area contributed by atoms with Crippen molar-refractivity contribution in [2.24, 2.45) is 17.1 Å². The number of nitrogens with two attached hydrogens (primary N) is 1. The highest BCUT2D eigenvalue weighted by atomic mass is 16.5. The van der Waals surface area contributed by atoms with E-state index in [0.29, 0.717) is 13.1 Å². The van der Waals surface area contributed by atoms with E-state index in [4.69, 9.17) is 10.5 Å². The molecule has 0 heterocycles.